The fourth-order valence-corrected chi connectivity index (χ4v) is 3.14. The van der Waals surface area contributed by atoms with Crippen LogP contribution in [0, 0.1) is 5.41 Å². The van der Waals surface area contributed by atoms with Gasteiger partial charge in [0.25, 0.3) is 0 Å². The van der Waals surface area contributed by atoms with Crippen LogP contribution >= 0.6 is 0 Å². The molecule has 0 aliphatic heterocycles. The van der Waals surface area contributed by atoms with Crippen LogP contribution in [0.1, 0.15) is 59.8 Å². The first-order valence-electron chi connectivity index (χ1n) is 7.58. The summed E-state index contributed by atoms with van der Waals surface area (Å²) in [5.41, 5.74) is 0.565. The second kappa shape index (κ2) is 7.38. The van der Waals surface area contributed by atoms with Gasteiger partial charge in [0, 0.05) is 19.1 Å². The van der Waals surface area contributed by atoms with E-state index in [1.54, 1.807) is 0 Å². The number of hydrogen-bond donors (Lipinski definition) is 1. The van der Waals surface area contributed by atoms with Crippen LogP contribution in [-0.4, -0.2) is 37.1 Å². The molecular formula is C15H32N2. The summed E-state index contributed by atoms with van der Waals surface area (Å²) < 4.78 is 0. The van der Waals surface area contributed by atoms with Gasteiger partial charge in [0.1, 0.15) is 0 Å². The third kappa shape index (κ3) is 4.59. The fraction of sp³-hybridized carbons (Fsp3) is 1.00. The zero-order valence-electron chi connectivity index (χ0n) is 12.4. The zero-order valence-corrected chi connectivity index (χ0v) is 12.4. The van der Waals surface area contributed by atoms with Crippen LogP contribution in [0.5, 0.6) is 0 Å². The average Bonchev–Trinajstić information content (AvgIpc) is 2.75. The largest absolute Gasteiger partial charge is 0.316 e. The van der Waals surface area contributed by atoms with Crippen molar-refractivity contribution in [3.05, 3.63) is 0 Å². The Morgan fingerprint density at radius 2 is 1.82 bits per heavy atom. The Labute approximate surface area is 108 Å². The first-order chi connectivity index (χ1) is 8.13. The van der Waals surface area contributed by atoms with Crippen LogP contribution in [0.15, 0.2) is 0 Å². The molecule has 0 spiro atoms. The molecule has 2 heteroatoms. The molecule has 2 nitrogen and oxygen atoms in total. The van der Waals surface area contributed by atoms with Crippen molar-refractivity contribution in [1.29, 1.82) is 0 Å². The van der Waals surface area contributed by atoms with Crippen LogP contribution in [-0.2, 0) is 0 Å². The molecular weight excluding hydrogens is 208 g/mol. The standard InChI is InChI=1S/C15H32N2/c1-5-11-17(14(3)4)13-15(12-16-6-2)9-7-8-10-15/h14,16H,5-13H2,1-4H3. The molecule has 0 aromatic carbocycles. The second-order valence-corrected chi connectivity index (χ2v) is 6.05. The van der Waals surface area contributed by atoms with Crippen molar-refractivity contribution in [1.82, 2.24) is 10.2 Å². The minimum Gasteiger partial charge on any atom is -0.316 e. The molecule has 0 unspecified atom stereocenters. The summed E-state index contributed by atoms with van der Waals surface area (Å²) in [7, 11) is 0. The Kier molecular flexibility index (Phi) is 6.50. The van der Waals surface area contributed by atoms with Crippen molar-refractivity contribution in [2.45, 2.75) is 65.8 Å². The highest BCUT2D eigenvalue weighted by Crippen LogP contribution is 2.38. The van der Waals surface area contributed by atoms with E-state index < -0.39 is 0 Å². The molecule has 0 atom stereocenters. The predicted molar refractivity (Wildman–Crippen MR) is 76.4 cm³/mol. The van der Waals surface area contributed by atoms with Gasteiger partial charge >= 0.3 is 0 Å². The van der Waals surface area contributed by atoms with Crippen molar-refractivity contribution < 1.29 is 0 Å². The smallest absolute Gasteiger partial charge is 0.00528 e. The van der Waals surface area contributed by atoms with E-state index >= 15 is 0 Å². The summed E-state index contributed by atoms with van der Waals surface area (Å²) in [6.45, 7) is 14.1. The lowest BCUT2D eigenvalue weighted by Crippen LogP contribution is -2.45. The number of hydrogen-bond acceptors (Lipinski definition) is 2. The second-order valence-electron chi connectivity index (χ2n) is 6.05. The third-order valence-electron chi connectivity index (χ3n) is 4.19. The fourth-order valence-electron chi connectivity index (χ4n) is 3.14. The molecule has 1 N–H and O–H groups in total. The maximum Gasteiger partial charge on any atom is 0.00528 e. The lowest BCUT2D eigenvalue weighted by Gasteiger charge is -2.37. The monoisotopic (exact) mass is 240 g/mol. The lowest BCUT2D eigenvalue weighted by molar-refractivity contribution is 0.122. The third-order valence-corrected chi connectivity index (χ3v) is 4.19. The van der Waals surface area contributed by atoms with Gasteiger partial charge in [0.15, 0.2) is 0 Å². The van der Waals surface area contributed by atoms with Crippen molar-refractivity contribution in [2.75, 3.05) is 26.2 Å². The van der Waals surface area contributed by atoms with E-state index in [9.17, 15) is 0 Å². The summed E-state index contributed by atoms with van der Waals surface area (Å²) >= 11 is 0. The summed E-state index contributed by atoms with van der Waals surface area (Å²) in [5.74, 6) is 0. The molecule has 0 aromatic heterocycles. The SMILES string of the molecule is CCCN(CC1(CNCC)CCCC1)C(C)C. The molecule has 0 bridgehead atoms. The molecule has 17 heavy (non-hydrogen) atoms. The Morgan fingerprint density at radius 1 is 1.18 bits per heavy atom. The maximum absolute atomic E-state index is 3.59. The summed E-state index contributed by atoms with van der Waals surface area (Å²) in [4.78, 5) is 2.68. The van der Waals surface area contributed by atoms with E-state index in [-0.39, 0.29) is 0 Å². The Morgan fingerprint density at radius 3 is 2.29 bits per heavy atom. The van der Waals surface area contributed by atoms with Gasteiger partial charge in [-0.3, -0.25) is 0 Å². The molecule has 0 heterocycles. The molecule has 1 saturated carbocycles. The van der Waals surface area contributed by atoms with Crippen molar-refractivity contribution in [3.63, 3.8) is 0 Å². The van der Waals surface area contributed by atoms with Crippen LogP contribution in [0.25, 0.3) is 0 Å². The normalized spacial score (nSPS) is 19.4. The Balaban J connectivity index is 2.57. The van der Waals surface area contributed by atoms with Gasteiger partial charge in [-0.2, -0.15) is 0 Å². The predicted octanol–water partition coefficient (Wildman–Crippen LogP) is 3.28. The van der Waals surface area contributed by atoms with E-state index in [2.05, 4.69) is 37.9 Å². The molecule has 102 valence electrons. The highest BCUT2D eigenvalue weighted by Gasteiger charge is 2.35. The number of nitrogens with zero attached hydrogens (tertiary/aromatic N) is 1. The molecule has 1 rings (SSSR count). The Bertz CT molecular complexity index is 195. The summed E-state index contributed by atoms with van der Waals surface area (Å²) in [6, 6.07) is 0.689. The first-order valence-corrected chi connectivity index (χ1v) is 7.58. The molecule has 1 fully saturated rings. The van der Waals surface area contributed by atoms with Crippen molar-refractivity contribution >= 4 is 0 Å². The number of nitrogens with one attached hydrogen (secondary N) is 1. The van der Waals surface area contributed by atoms with Crippen LogP contribution in [0.3, 0.4) is 0 Å². The average molecular weight is 240 g/mol. The first kappa shape index (κ1) is 15.0. The van der Waals surface area contributed by atoms with E-state index in [1.807, 2.05) is 0 Å². The number of rotatable bonds is 8. The van der Waals surface area contributed by atoms with Crippen molar-refractivity contribution in [2.24, 2.45) is 5.41 Å². The van der Waals surface area contributed by atoms with Gasteiger partial charge in [-0.05, 0) is 51.6 Å². The van der Waals surface area contributed by atoms with Gasteiger partial charge < -0.3 is 10.2 Å². The van der Waals surface area contributed by atoms with E-state index in [4.69, 9.17) is 0 Å². The quantitative estimate of drug-likeness (QED) is 0.700. The van der Waals surface area contributed by atoms with E-state index in [0.717, 1.165) is 6.54 Å². The summed E-state index contributed by atoms with van der Waals surface area (Å²) in [6.07, 6.45) is 6.99. The maximum atomic E-state index is 3.59. The topological polar surface area (TPSA) is 15.3 Å². The van der Waals surface area contributed by atoms with Gasteiger partial charge in [-0.1, -0.05) is 26.7 Å². The molecule has 0 aromatic rings. The van der Waals surface area contributed by atoms with Crippen molar-refractivity contribution in [3.8, 4) is 0 Å². The van der Waals surface area contributed by atoms with Crippen LogP contribution in [0.4, 0.5) is 0 Å². The minimum absolute atomic E-state index is 0.565. The molecule has 0 saturated heterocycles. The Hall–Kier alpha value is -0.0800. The van der Waals surface area contributed by atoms with Gasteiger partial charge in [-0.15, -0.1) is 0 Å². The van der Waals surface area contributed by atoms with Crippen LogP contribution < -0.4 is 5.32 Å². The lowest BCUT2D eigenvalue weighted by atomic mass is 9.85. The van der Waals surface area contributed by atoms with E-state index in [0.29, 0.717) is 11.5 Å². The highest BCUT2D eigenvalue weighted by molar-refractivity contribution is 4.90. The van der Waals surface area contributed by atoms with Crippen LogP contribution in [0.2, 0.25) is 0 Å². The highest BCUT2D eigenvalue weighted by atomic mass is 15.2. The zero-order chi connectivity index (χ0) is 12.7. The molecule has 1 aliphatic carbocycles. The molecule has 1 aliphatic rings. The van der Waals surface area contributed by atoms with Gasteiger partial charge in [0.2, 0.25) is 0 Å². The molecule has 0 amide bonds. The summed E-state index contributed by atoms with van der Waals surface area (Å²) in [5, 5.41) is 3.59. The minimum atomic E-state index is 0.565. The molecule has 0 radical (unpaired) electrons. The van der Waals surface area contributed by atoms with E-state index in [1.165, 1.54) is 51.7 Å². The van der Waals surface area contributed by atoms with Gasteiger partial charge in [-0.25, -0.2) is 0 Å². The van der Waals surface area contributed by atoms with Gasteiger partial charge in [0.05, 0.1) is 0 Å².